The van der Waals surface area contributed by atoms with Crippen molar-refractivity contribution in [2.24, 2.45) is 0 Å². The van der Waals surface area contributed by atoms with E-state index < -0.39 is 0 Å². The zero-order valence-corrected chi connectivity index (χ0v) is 39.2. The van der Waals surface area contributed by atoms with Crippen molar-refractivity contribution in [2.45, 2.75) is 79.1 Å². The second-order valence-electron chi connectivity index (χ2n) is 19.4. The fraction of sp³-hybridized carbons (Fsp3) is 0.194. The number of anilines is 6. The number of furan rings is 2. The van der Waals surface area contributed by atoms with Gasteiger partial charge < -0.3 is 18.6 Å². The van der Waals surface area contributed by atoms with E-state index in [0.717, 1.165) is 77.4 Å². The van der Waals surface area contributed by atoms with Gasteiger partial charge >= 0.3 is 0 Å². The lowest BCUT2D eigenvalue weighted by Crippen LogP contribution is -2.13. The molecule has 326 valence electrons. The molecule has 0 atom stereocenters. The molecule has 0 aliphatic rings. The minimum absolute atomic E-state index is 0.359. The van der Waals surface area contributed by atoms with Gasteiger partial charge in [-0.3, -0.25) is 0 Å². The van der Waals surface area contributed by atoms with Crippen molar-refractivity contribution < 1.29 is 8.83 Å². The van der Waals surface area contributed by atoms with Crippen molar-refractivity contribution in [3.05, 3.63) is 192 Å². The van der Waals surface area contributed by atoms with Crippen molar-refractivity contribution in [3.63, 3.8) is 0 Å². The SMILES string of the molecule is CC(C)c1ccc(N(c2ccccc2)c2ccc3cc4c(cc3c2)oc2cc3oc5cc6cc(N(c7ccccc7)c7ccc(C(C)C)cc7C(C)C)ccc6cc5c3cc24)c(C(C)C)c1. The van der Waals surface area contributed by atoms with Crippen LogP contribution in [0.1, 0.15) is 101 Å². The molecule has 0 amide bonds. The molecule has 4 heteroatoms. The van der Waals surface area contributed by atoms with Gasteiger partial charge in [0.15, 0.2) is 0 Å². The van der Waals surface area contributed by atoms with E-state index in [9.17, 15) is 0 Å². The Hall–Kier alpha value is -7.30. The van der Waals surface area contributed by atoms with Crippen molar-refractivity contribution in [2.75, 3.05) is 9.80 Å². The molecule has 0 bridgehead atoms. The van der Waals surface area contributed by atoms with Crippen LogP contribution in [0.3, 0.4) is 0 Å². The molecule has 2 aromatic heterocycles. The van der Waals surface area contributed by atoms with E-state index in [1.807, 2.05) is 0 Å². The first-order valence-corrected chi connectivity index (χ1v) is 23.7. The molecule has 11 aromatic rings. The largest absolute Gasteiger partial charge is 0.456 e. The summed E-state index contributed by atoms with van der Waals surface area (Å²) in [6, 6.07) is 62.3. The molecule has 0 fully saturated rings. The Morgan fingerprint density at radius 1 is 0.303 bits per heavy atom. The maximum absolute atomic E-state index is 6.69. The third kappa shape index (κ3) is 7.16. The summed E-state index contributed by atoms with van der Waals surface area (Å²) in [4.78, 5) is 4.80. The van der Waals surface area contributed by atoms with Crippen molar-refractivity contribution in [1.82, 2.24) is 0 Å². The Morgan fingerprint density at radius 3 is 1.09 bits per heavy atom. The summed E-state index contributed by atoms with van der Waals surface area (Å²) in [5.41, 5.74) is 15.7. The van der Waals surface area contributed by atoms with Gasteiger partial charge in [0.05, 0.1) is 0 Å². The van der Waals surface area contributed by atoms with Crippen LogP contribution in [0, 0.1) is 0 Å². The second-order valence-corrected chi connectivity index (χ2v) is 19.4. The zero-order chi connectivity index (χ0) is 45.4. The van der Waals surface area contributed by atoms with E-state index in [1.165, 1.54) is 44.4 Å². The molecule has 66 heavy (non-hydrogen) atoms. The van der Waals surface area contributed by atoms with E-state index in [0.29, 0.717) is 23.7 Å². The highest BCUT2D eigenvalue weighted by atomic mass is 16.3. The Labute approximate surface area is 387 Å². The molecule has 0 saturated carbocycles. The average molecular weight is 861 g/mol. The lowest BCUT2D eigenvalue weighted by Gasteiger charge is -2.29. The Bertz CT molecular complexity index is 3380. The fourth-order valence-electron chi connectivity index (χ4n) is 9.99. The van der Waals surface area contributed by atoms with Gasteiger partial charge in [-0.05, 0) is 158 Å². The van der Waals surface area contributed by atoms with Gasteiger partial charge in [-0.2, -0.15) is 0 Å². The first-order valence-electron chi connectivity index (χ1n) is 23.7. The molecule has 0 radical (unpaired) electrons. The summed E-state index contributed by atoms with van der Waals surface area (Å²) in [7, 11) is 0. The van der Waals surface area contributed by atoms with Crippen LogP contribution < -0.4 is 9.80 Å². The molecule has 4 nitrogen and oxygen atoms in total. The molecule has 0 unspecified atom stereocenters. The lowest BCUT2D eigenvalue weighted by atomic mass is 9.93. The summed E-state index contributed by atoms with van der Waals surface area (Å²) in [6.07, 6.45) is 0. The summed E-state index contributed by atoms with van der Waals surface area (Å²) >= 11 is 0. The average Bonchev–Trinajstić information content (AvgIpc) is 3.85. The highest BCUT2D eigenvalue weighted by Gasteiger charge is 2.22. The van der Waals surface area contributed by atoms with Crippen LogP contribution in [0.4, 0.5) is 34.1 Å². The van der Waals surface area contributed by atoms with Gasteiger partial charge in [0, 0.05) is 61.7 Å². The Morgan fingerprint density at radius 2 is 0.697 bits per heavy atom. The normalized spacial score (nSPS) is 12.2. The third-order valence-corrected chi connectivity index (χ3v) is 13.7. The van der Waals surface area contributed by atoms with Crippen LogP contribution in [-0.4, -0.2) is 0 Å². The van der Waals surface area contributed by atoms with Crippen LogP contribution in [0.25, 0.3) is 65.4 Å². The number of hydrogen-bond acceptors (Lipinski definition) is 4. The Balaban J connectivity index is 0.998. The van der Waals surface area contributed by atoms with E-state index >= 15 is 0 Å². The number of nitrogens with zero attached hydrogens (tertiary/aromatic N) is 2. The van der Waals surface area contributed by atoms with E-state index in [-0.39, 0.29) is 0 Å². The summed E-state index contributed by atoms with van der Waals surface area (Å²) in [5, 5.41) is 8.96. The molecule has 11 rings (SSSR count). The number of hydrogen-bond donors (Lipinski definition) is 0. The molecular weight excluding hydrogens is 805 g/mol. The molecule has 2 heterocycles. The second kappa shape index (κ2) is 16.3. The fourth-order valence-corrected chi connectivity index (χ4v) is 9.99. The molecule has 0 aliphatic heterocycles. The first-order chi connectivity index (χ1) is 32.0. The number of fused-ring (bicyclic) bond motifs is 8. The number of benzene rings is 9. The maximum atomic E-state index is 6.69. The van der Waals surface area contributed by atoms with Crippen LogP contribution in [0.15, 0.2) is 179 Å². The van der Waals surface area contributed by atoms with Gasteiger partial charge in [-0.1, -0.05) is 128 Å². The predicted octanol–water partition coefficient (Wildman–Crippen LogP) is 19.2. The zero-order valence-electron chi connectivity index (χ0n) is 39.2. The van der Waals surface area contributed by atoms with Gasteiger partial charge in [0.2, 0.25) is 0 Å². The smallest absolute Gasteiger partial charge is 0.139 e. The molecule has 9 aromatic carbocycles. The summed E-state index contributed by atoms with van der Waals surface area (Å²) in [5.74, 6) is 1.63. The highest BCUT2D eigenvalue weighted by molar-refractivity contribution is 6.18. The minimum Gasteiger partial charge on any atom is -0.456 e. The topological polar surface area (TPSA) is 32.8 Å². The van der Waals surface area contributed by atoms with Gasteiger partial charge in [-0.25, -0.2) is 0 Å². The maximum Gasteiger partial charge on any atom is 0.139 e. The van der Waals surface area contributed by atoms with Crippen molar-refractivity contribution >= 4 is 99.5 Å². The minimum atomic E-state index is 0.359. The van der Waals surface area contributed by atoms with Gasteiger partial charge in [-0.15, -0.1) is 0 Å². The summed E-state index contributed by atoms with van der Waals surface area (Å²) < 4.78 is 13.4. The Kier molecular flexibility index (Phi) is 10.2. The van der Waals surface area contributed by atoms with Crippen LogP contribution in [-0.2, 0) is 0 Å². The van der Waals surface area contributed by atoms with Crippen LogP contribution in [0.2, 0.25) is 0 Å². The molecule has 0 N–H and O–H groups in total. The monoisotopic (exact) mass is 860 g/mol. The number of para-hydroxylation sites is 2. The molecule has 0 saturated heterocycles. The van der Waals surface area contributed by atoms with E-state index in [4.69, 9.17) is 8.83 Å². The van der Waals surface area contributed by atoms with Crippen LogP contribution >= 0.6 is 0 Å². The first kappa shape index (κ1) is 41.4. The third-order valence-electron chi connectivity index (χ3n) is 13.7. The predicted molar refractivity (Wildman–Crippen MR) is 282 cm³/mol. The van der Waals surface area contributed by atoms with Gasteiger partial charge in [0.1, 0.15) is 22.3 Å². The molecular formula is C62H56N2O2. The van der Waals surface area contributed by atoms with Crippen molar-refractivity contribution in [1.29, 1.82) is 0 Å². The highest BCUT2D eigenvalue weighted by Crippen LogP contribution is 2.45. The quantitative estimate of drug-likeness (QED) is 0.137. The lowest BCUT2D eigenvalue weighted by molar-refractivity contribution is 0.656. The molecule has 0 aliphatic carbocycles. The van der Waals surface area contributed by atoms with Crippen molar-refractivity contribution in [3.8, 4) is 0 Å². The standard InChI is InChI=1S/C62H56N2O2/c1-37(2)41-21-25-57(51(29-41)39(5)6)63(47-15-11-9-12-16-47)49-23-19-43-31-53-55-35-56-54-32-44-20-24-50(28-46(44)34-60(54)66-62(56)36-61(55)65-59(53)33-45(43)27-49)64(48-17-13-10-14-18-48)58-26-22-42(38(3)4)30-52(58)40(7)8/h9-40H,1-8H3. The van der Waals surface area contributed by atoms with E-state index in [1.54, 1.807) is 0 Å². The van der Waals surface area contributed by atoms with Crippen LogP contribution in [0.5, 0.6) is 0 Å². The summed E-state index contributed by atoms with van der Waals surface area (Å²) in [6.45, 7) is 18.2. The van der Waals surface area contributed by atoms with E-state index in [2.05, 4.69) is 235 Å². The van der Waals surface area contributed by atoms with Gasteiger partial charge in [0.25, 0.3) is 0 Å². The number of rotatable bonds is 10. The molecule has 0 spiro atoms.